The van der Waals surface area contributed by atoms with Gasteiger partial charge in [-0.3, -0.25) is 0 Å². The third-order valence-corrected chi connectivity index (χ3v) is 5.53. The van der Waals surface area contributed by atoms with Crippen molar-refractivity contribution in [2.24, 2.45) is 11.8 Å². The van der Waals surface area contributed by atoms with Gasteiger partial charge in [-0.15, -0.1) is 22.9 Å². The van der Waals surface area contributed by atoms with Gasteiger partial charge in [-0.25, -0.2) is 0 Å². The molecule has 0 aromatic carbocycles. The van der Waals surface area contributed by atoms with Crippen LogP contribution in [0.25, 0.3) is 0 Å². The highest BCUT2D eigenvalue weighted by Crippen LogP contribution is 2.69. The summed E-state index contributed by atoms with van der Waals surface area (Å²) < 4.78 is 0. The smallest absolute Gasteiger partial charge is 0.0849 e. The molecule has 2 fully saturated rings. The van der Waals surface area contributed by atoms with Gasteiger partial charge in [0.1, 0.15) is 0 Å². The molecule has 0 bridgehead atoms. The second kappa shape index (κ2) is 2.74. The molecule has 2 saturated carbocycles. The van der Waals surface area contributed by atoms with Gasteiger partial charge < -0.3 is 0 Å². The molecule has 1 heterocycles. The lowest BCUT2D eigenvalue weighted by Gasteiger charge is -2.04. The second-order valence-electron chi connectivity index (χ2n) is 4.24. The van der Waals surface area contributed by atoms with Crippen molar-refractivity contribution in [1.82, 2.24) is 0 Å². The van der Waals surface area contributed by atoms with Gasteiger partial charge in [0.25, 0.3) is 0 Å². The lowest BCUT2D eigenvalue weighted by molar-refractivity contribution is 0.480. The van der Waals surface area contributed by atoms with Crippen molar-refractivity contribution in [3.05, 3.63) is 22.4 Å². The minimum absolute atomic E-state index is 0.0602. The highest BCUT2D eigenvalue weighted by atomic mass is 35.5. The summed E-state index contributed by atoms with van der Waals surface area (Å²) in [6, 6.07) is 4.32. The van der Waals surface area contributed by atoms with Crippen molar-refractivity contribution in [2.75, 3.05) is 0 Å². The number of hydrogen-bond acceptors (Lipinski definition) is 1. The van der Waals surface area contributed by atoms with Crippen molar-refractivity contribution in [2.45, 2.75) is 30.6 Å². The molecule has 0 spiro atoms. The fraction of sp³-hybridized carbons (Fsp3) is 0.636. The van der Waals surface area contributed by atoms with Crippen LogP contribution in [0.1, 0.15) is 30.6 Å². The molecule has 1 aromatic heterocycles. The molecule has 1 aromatic rings. The van der Waals surface area contributed by atoms with Gasteiger partial charge in [0.2, 0.25) is 0 Å². The Morgan fingerprint density at radius 2 is 2.00 bits per heavy atom. The monoisotopic (exact) mass is 212 g/mol. The minimum Gasteiger partial charge on any atom is -0.147 e. The van der Waals surface area contributed by atoms with E-state index in [1.807, 2.05) is 11.3 Å². The molecule has 70 valence electrons. The summed E-state index contributed by atoms with van der Waals surface area (Å²) in [7, 11) is 0. The molecular formula is C11H13ClS. The first-order valence-corrected chi connectivity index (χ1v) is 6.32. The van der Waals surface area contributed by atoms with Gasteiger partial charge in [-0.05, 0) is 36.1 Å². The molecule has 0 aliphatic heterocycles. The molecule has 0 nitrogen and oxygen atoms in total. The average Bonchev–Trinajstić information content (AvgIpc) is 2.62. The van der Waals surface area contributed by atoms with Gasteiger partial charge in [0.15, 0.2) is 0 Å². The van der Waals surface area contributed by atoms with Gasteiger partial charge in [-0.2, -0.15) is 0 Å². The molecule has 3 rings (SSSR count). The second-order valence-corrected chi connectivity index (χ2v) is 5.82. The number of rotatable bonds is 1. The lowest BCUT2D eigenvalue weighted by Crippen LogP contribution is -1.97. The van der Waals surface area contributed by atoms with Crippen LogP contribution in [0.2, 0.25) is 0 Å². The Balaban J connectivity index is 1.92. The van der Waals surface area contributed by atoms with E-state index in [-0.39, 0.29) is 4.87 Å². The van der Waals surface area contributed by atoms with E-state index in [4.69, 9.17) is 11.6 Å². The highest BCUT2D eigenvalue weighted by Gasteiger charge is 2.64. The summed E-state index contributed by atoms with van der Waals surface area (Å²) in [5.74, 6) is 1.59. The molecule has 2 atom stereocenters. The molecule has 0 radical (unpaired) electrons. The van der Waals surface area contributed by atoms with Crippen molar-refractivity contribution in [3.8, 4) is 0 Å². The molecule has 2 heteroatoms. The SMILES string of the molecule is ClC1(c2cccs2)C2CCCCC21. The van der Waals surface area contributed by atoms with Crippen LogP contribution in [-0.2, 0) is 4.87 Å². The van der Waals surface area contributed by atoms with Gasteiger partial charge >= 0.3 is 0 Å². The van der Waals surface area contributed by atoms with Crippen molar-refractivity contribution >= 4 is 22.9 Å². The summed E-state index contributed by atoms with van der Waals surface area (Å²) in [4.78, 5) is 1.47. The standard InChI is InChI=1S/C11H13ClS/c12-11(10-6-3-7-13-10)8-4-1-2-5-9(8)11/h3,6-9H,1-2,4-5H2. The van der Waals surface area contributed by atoms with E-state index in [9.17, 15) is 0 Å². The van der Waals surface area contributed by atoms with E-state index < -0.39 is 0 Å². The zero-order valence-electron chi connectivity index (χ0n) is 7.50. The van der Waals surface area contributed by atoms with Crippen LogP contribution in [0.5, 0.6) is 0 Å². The normalized spacial score (nSPS) is 42.8. The number of alkyl halides is 1. The Bertz CT molecular complexity index is 292. The van der Waals surface area contributed by atoms with Gasteiger partial charge in [-0.1, -0.05) is 18.9 Å². The number of hydrogen-bond donors (Lipinski definition) is 0. The van der Waals surface area contributed by atoms with Crippen molar-refractivity contribution in [3.63, 3.8) is 0 Å². The van der Waals surface area contributed by atoms with Crippen LogP contribution in [0.4, 0.5) is 0 Å². The quantitative estimate of drug-likeness (QED) is 0.618. The van der Waals surface area contributed by atoms with Crippen LogP contribution >= 0.6 is 22.9 Å². The van der Waals surface area contributed by atoms with E-state index >= 15 is 0 Å². The number of fused-ring (bicyclic) bond motifs is 1. The molecule has 0 N–H and O–H groups in total. The van der Waals surface area contributed by atoms with E-state index in [0.717, 1.165) is 11.8 Å². The summed E-state index contributed by atoms with van der Waals surface area (Å²) in [6.07, 6.45) is 5.49. The first kappa shape index (κ1) is 8.31. The molecule has 2 aliphatic carbocycles. The van der Waals surface area contributed by atoms with Crippen LogP contribution in [0.3, 0.4) is 0 Å². The first-order valence-electron chi connectivity index (χ1n) is 5.06. The maximum Gasteiger partial charge on any atom is 0.0849 e. The lowest BCUT2D eigenvalue weighted by atomic mass is 10.0. The van der Waals surface area contributed by atoms with Crippen molar-refractivity contribution in [1.29, 1.82) is 0 Å². The first-order chi connectivity index (χ1) is 6.33. The maximum absolute atomic E-state index is 6.69. The van der Waals surface area contributed by atoms with Gasteiger partial charge in [0, 0.05) is 4.88 Å². The third kappa shape index (κ3) is 1.04. The number of halogens is 1. The Hall–Kier alpha value is -0.0100. The summed E-state index contributed by atoms with van der Waals surface area (Å²) in [5.41, 5.74) is 0. The Labute approximate surface area is 87.9 Å². The number of thiophene rings is 1. The van der Waals surface area contributed by atoms with Crippen LogP contribution in [0, 0.1) is 11.8 Å². The highest BCUT2D eigenvalue weighted by molar-refractivity contribution is 7.10. The van der Waals surface area contributed by atoms with E-state index in [1.54, 1.807) is 0 Å². The van der Waals surface area contributed by atoms with Crippen LogP contribution in [0.15, 0.2) is 17.5 Å². The fourth-order valence-electron chi connectivity index (χ4n) is 2.91. The fourth-order valence-corrected chi connectivity index (χ4v) is 4.51. The topological polar surface area (TPSA) is 0 Å². The van der Waals surface area contributed by atoms with Crippen LogP contribution < -0.4 is 0 Å². The average molecular weight is 213 g/mol. The third-order valence-electron chi connectivity index (χ3n) is 3.63. The minimum atomic E-state index is 0.0602. The molecule has 13 heavy (non-hydrogen) atoms. The van der Waals surface area contributed by atoms with E-state index in [1.165, 1.54) is 30.6 Å². The zero-order valence-corrected chi connectivity index (χ0v) is 9.07. The van der Waals surface area contributed by atoms with Crippen molar-refractivity contribution < 1.29 is 0 Å². The van der Waals surface area contributed by atoms with E-state index in [2.05, 4.69) is 17.5 Å². The molecule has 0 amide bonds. The molecule has 2 unspecified atom stereocenters. The van der Waals surface area contributed by atoms with E-state index in [0.29, 0.717) is 0 Å². The predicted octanol–water partition coefficient (Wildman–Crippen LogP) is 4.00. The van der Waals surface area contributed by atoms with Gasteiger partial charge in [0.05, 0.1) is 4.87 Å². The Kier molecular flexibility index (Phi) is 1.75. The molecule has 0 saturated heterocycles. The maximum atomic E-state index is 6.69. The summed E-state index contributed by atoms with van der Waals surface area (Å²) in [5, 5.41) is 2.14. The zero-order chi connectivity index (χ0) is 8.89. The summed E-state index contributed by atoms with van der Waals surface area (Å²) >= 11 is 8.52. The Morgan fingerprint density at radius 1 is 1.31 bits per heavy atom. The largest absolute Gasteiger partial charge is 0.147 e. The predicted molar refractivity (Wildman–Crippen MR) is 57.3 cm³/mol. The Morgan fingerprint density at radius 3 is 2.54 bits per heavy atom. The molecular weight excluding hydrogens is 200 g/mol. The van der Waals surface area contributed by atoms with Crippen LogP contribution in [-0.4, -0.2) is 0 Å². The molecule has 2 aliphatic rings. The summed E-state index contributed by atoms with van der Waals surface area (Å²) in [6.45, 7) is 0.